The van der Waals surface area contributed by atoms with E-state index in [1.54, 1.807) is 0 Å². The third kappa shape index (κ3) is 4.08. The SMILES string of the molecule is CCCNC(C)C(CC)Cc1ccn(C2CCCC2)n1. The van der Waals surface area contributed by atoms with E-state index in [4.69, 9.17) is 5.10 Å². The van der Waals surface area contributed by atoms with Gasteiger partial charge in [-0.2, -0.15) is 5.10 Å². The second-order valence-corrected chi connectivity index (χ2v) is 6.34. The minimum absolute atomic E-state index is 0.580. The van der Waals surface area contributed by atoms with Crippen LogP contribution >= 0.6 is 0 Å². The molecule has 0 amide bonds. The highest BCUT2D eigenvalue weighted by Crippen LogP contribution is 2.29. The van der Waals surface area contributed by atoms with Crippen molar-refractivity contribution in [3.63, 3.8) is 0 Å². The molecule has 1 aliphatic carbocycles. The standard InChI is InChI=1S/C17H31N3/c1-4-11-18-14(3)15(5-2)13-16-10-12-20(19-16)17-8-6-7-9-17/h10,12,14-15,17-18H,4-9,11,13H2,1-3H3. The van der Waals surface area contributed by atoms with Crippen molar-refractivity contribution in [1.82, 2.24) is 15.1 Å². The van der Waals surface area contributed by atoms with Gasteiger partial charge in [0.2, 0.25) is 0 Å². The normalized spacial score (nSPS) is 19.4. The zero-order valence-corrected chi connectivity index (χ0v) is 13.4. The summed E-state index contributed by atoms with van der Waals surface area (Å²) in [6.07, 6.45) is 11.1. The van der Waals surface area contributed by atoms with Gasteiger partial charge in [0.15, 0.2) is 0 Å². The van der Waals surface area contributed by atoms with Gasteiger partial charge in [-0.1, -0.05) is 33.1 Å². The van der Waals surface area contributed by atoms with Crippen LogP contribution in [-0.4, -0.2) is 22.4 Å². The topological polar surface area (TPSA) is 29.9 Å². The molecule has 0 bridgehead atoms. The van der Waals surface area contributed by atoms with Crippen LogP contribution in [0, 0.1) is 5.92 Å². The smallest absolute Gasteiger partial charge is 0.0628 e. The third-order valence-corrected chi connectivity index (χ3v) is 4.78. The third-order valence-electron chi connectivity index (χ3n) is 4.78. The number of aromatic nitrogens is 2. The molecule has 2 unspecified atom stereocenters. The van der Waals surface area contributed by atoms with Crippen molar-refractivity contribution in [3.05, 3.63) is 18.0 Å². The average molecular weight is 277 g/mol. The van der Waals surface area contributed by atoms with Gasteiger partial charge < -0.3 is 5.32 Å². The van der Waals surface area contributed by atoms with E-state index < -0.39 is 0 Å². The number of rotatable bonds is 8. The predicted molar refractivity (Wildman–Crippen MR) is 85.0 cm³/mol. The number of hydrogen-bond donors (Lipinski definition) is 1. The first-order valence-electron chi connectivity index (χ1n) is 8.52. The van der Waals surface area contributed by atoms with E-state index in [9.17, 15) is 0 Å². The maximum atomic E-state index is 4.83. The first-order chi connectivity index (χ1) is 9.74. The molecule has 0 radical (unpaired) electrons. The molecule has 2 rings (SSSR count). The molecule has 114 valence electrons. The summed E-state index contributed by atoms with van der Waals surface area (Å²) in [5.41, 5.74) is 1.27. The van der Waals surface area contributed by atoms with Crippen LogP contribution in [0.5, 0.6) is 0 Å². The Morgan fingerprint density at radius 2 is 2.10 bits per heavy atom. The highest BCUT2D eigenvalue weighted by atomic mass is 15.3. The fourth-order valence-electron chi connectivity index (χ4n) is 3.34. The molecule has 1 fully saturated rings. The molecule has 20 heavy (non-hydrogen) atoms. The van der Waals surface area contributed by atoms with Gasteiger partial charge in [0.05, 0.1) is 11.7 Å². The van der Waals surface area contributed by atoms with Crippen LogP contribution in [0.25, 0.3) is 0 Å². The number of hydrogen-bond acceptors (Lipinski definition) is 2. The fraction of sp³-hybridized carbons (Fsp3) is 0.824. The lowest BCUT2D eigenvalue weighted by atomic mass is 9.93. The van der Waals surface area contributed by atoms with Gasteiger partial charge in [0.1, 0.15) is 0 Å². The molecule has 3 heteroatoms. The maximum absolute atomic E-state index is 4.83. The summed E-state index contributed by atoms with van der Waals surface area (Å²) in [6.45, 7) is 7.96. The van der Waals surface area contributed by atoms with Crippen LogP contribution in [0.4, 0.5) is 0 Å². The van der Waals surface area contributed by atoms with Gasteiger partial charge in [-0.25, -0.2) is 0 Å². The Balaban J connectivity index is 1.90. The van der Waals surface area contributed by atoms with E-state index in [0.717, 1.165) is 13.0 Å². The first kappa shape index (κ1) is 15.6. The van der Waals surface area contributed by atoms with Crippen LogP contribution in [-0.2, 0) is 6.42 Å². The predicted octanol–water partition coefficient (Wildman–Crippen LogP) is 3.96. The summed E-state index contributed by atoms with van der Waals surface area (Å²) >= 11 is 0. The van der Waals surface area contributed by atoms with E-state index in [1.807, 2.05) is 0 Å². The summed E-state index contributed by atoms with van der Waals surface area (Å²) in [7, 11) is 0. The summed E-state index contributed by atoms with van der Waals surface area (Å²) in [4.78, 5) is 0. The van der Waals surface area contributed by atoms with E-state index in [1.165, 1.54) is 44.2 Å². The maximum Gasteiger partial charge on any atom is 0.0628 e. The molecule has 2 atom stereocenters. The highest BCUT2D eigenvalue weighted by molar-refractivity contribution is 5.02. The zero-order valence-electron chi connectivity index (χ0n) is 13.4. The van der Waals surface area contributed by atoms with Crippen molar-refractivity contribution in [2.24, 2.45) is 5.92 Å². The molecule has 1 N–H and O–H groups in total. The van der Waals surface area contributed by atoms with Crippen molar-refractivity contribution < 1.29 is 0 Å². The molecule has 0 aromatic carbocycles. The quantitative estimate of drug-likeness (QED) is 0.779. The van der Waals surface area contributed by atoms with Crippen molar-refractivity contribution in [2.75, 3.05) is 6.54 Å². The molecule has 1 aromatic rings. The molecule has 0 saturated heterocycles. The molecule has 1 heterocycles. The number of nitrogens with zero attached hydrogens (tertiary/aromatic N) is 2. The van der Waals surface area contributed by atoms with Gasteiger partial charge in [0, 0.05) is 12.2 Å². The summed E-state index contributed by atoms with van der Waals surface area (Å²) in [6, 6.07) is 3.48. The lowest BCUT2D eigenvalue weighted by Gasteiger charge is -2.23. The van der Waals surface area contributed by atoms with E-state index in [0.29, 0.717) is 18.0 Å². The Morgan fingerprint density at radius 1 is 1.35 bits per heavy atom. The number of nitrogens with one attached hydrogen (secondary N) is 1. The van der Waals surface area contributed by atoms with Gasteiger partial charge in [0.25, 0.3) is 0 Å². The zero-order chi connectivity index (χ0) is 14.4. The molecule has 0 spiro atoms. The monoisotopic (exact) mass is 277 g/mol. The lowest BCUT2D eigenvalue weighted by molar-refractivity contribution is 0.357. The van der Waals surface area contributed by atoms with Gasteiger partial charge in [-0.15, -0.1) is 0 Å². The molecule has 3 nitrogen and oxygen atoms in total. The molecule has 1 saturated carbocycles. The minimum Gasteiger partial charge on any atom is -0.314 e. The Bertz CT molecular complexity index is 379. The lowest BCUT2D eigenvalue weighted by Crippen LogP contribution is -2.35. The fourth-order valence-corrected chi connectivity index (χ4v) is 3.34. The van der Waals surface area contributed by atoms with Crippen molar-refractivity contribution in [3.8, 4) is 0 Å². The van der Waals surface area contributed by atoms with Crippen molar-refractivity contribution in [1.29, 1.82) is 0 Å². The summed E-state index contributed by atoms with van der Waals surface area (Å²) in [5, 5.41) is 8.46. The molecule has 0 aliphatic heterocycles. The van der Waals surface area contributed by atoms with Crippen LogP contribution in [0.3, 0.4) is 0 Å². The summed E-state index contributed by atoms with van der Waals surface area (Å²) in [5.74, 6) is 0.688. The molecular weight excluding hydrogens is 246 g/mol. The van der Waals surface area contributed by atoms with E-state index in [-0.39, 0.29) is 0 Å². The van der Waals surface area contributed by atoms with E-state index in [2.05, 4.69) is 43.0 Å². The Labute approximate surface area is 124 Å². The average Bonchev–Trinajstić information content (AvgIpc) is 3.12. The van der Waals surface area contributed by atoms with Crippen LogP contribution in [0.1, 0.15) is 71.0 Å². The second kappa shape index (κ2) is 7.82. The van der Waals surface area contributed by atoms with Crippen molar-refractivity contribution >= 4 is 0 Å². The van der Waals surface area contributed by atoms with Crippen molar-refractivity contribution in [2.45, 2.75) is 77.8 Å². The Hall–Kier alpha value is -0.830. The summed E-state index contributed by atoms with van der Waals surface area (Å²) < 4.78 is 2.22. The first-order valence-corrected chi connectivity index (χ1v) is 8.52. The van der Waals surface area contributed by atoms with E-state index >= 15 is 0 Å². The Morgan fingerprint density at radius 3 is 2.75 bits per heavy atom. The highest BCUT2D eigenvalue weighted by Gasteiger charge is 2.20. The molecule has 1 aliphatic rings. The van der Waals surface area contributed by atoms with Crippen LogP contribution < -0.4 is 5.32 Å². The molecular formula is C17H31N3. The van der Waals surface area contributed by atoms with Gasteiger partial charge in [-0.3, -0.25) is 4.68 Å². The van der Waals surface area contributed by atoms with Crippen LogP contribution in [0.15, 0.2) is 12.3 Å². The van der Waals surface area contributed by atoms with Gasteiger partial charge in [-0.05, 0) is 51.1 Å². The largest absolute Gasteiger partial charge is 0.314 e. The molecule has 1 aromatic heterocycles. The van der Waals surface area contributed by atoms with Crippen LogP contribution in [0.2, 0.25) is 0 Å². The Kier molecular flexibility index (Phi) is 6.08. The minimum atomic E-state index is 0.580. The second-order valence-electron chi connectivity index (χ2n) is 6.34. The van der Waals surface area contributed by atoms with Gasteiger partial charge >= 0.3 is 0 Å².